The van der Waals surface area contributed by atoms with E-state index in [4.69, 9.17) is 24.7 Å². The smallest absolute Gasteiger partial charge is 0.446 e. The van der Waals surface area contributed by atoms with Gasteiger partial charge in [0.25, 0.3) is 0 Å². The highest BCUT2D eigenvalue weighted by molar-refractivity contribution is 5.70. The third kappa shape index (κ3) is 45.6. The first kappa shape index (κ1) is 53.0. The minimum atomic E-state index is -4.64. The average molecular weight is 741 g/mol. The number of halogens is 3. The maximum Gasteiger partial charge on any atom is 0.446 e. The highest BCUT2D eigenvalue weighted by atomic mass is 19.4. The normalized spacial score (nSPS) is 12.3. The molecule has 0 aromatic rings. The van der Waals surface area contributed by atoms with Crippen molar-refractivity contribution in [2.75, 3.05) is 13.1 Å². The highest BCUT2D eigenvalue weighted by Gasteiger charge is 2.25. The third-order valence-electron chi connectivity index (χ3n) is 7.54. The molecule has 0 rings (SSSR count). The van der Waals surface area contributed by atoms with Gasteiger partial charge < -0.3 is 25.3 Å². The number of esters is 2. The number of alkyl carbamates (subject to hydrolysis) is 1. The van der Waals surface area contributed by atoms with Gasteiger partial charge in [-0.15, -0.1) is 0 Å². The fourth-order valence-corrected chi connectivity index (χ4v) is 4.88. The van der Waals surface area contributed by atoms with Crippen LogP contribution in [-0.4, -0.2) is 61.4 Å². The number of alkyl halides is 3. The van der Waals surface area contributed by atoms with Gasteiger partial charge in [-0.1, -0.05) is 105 Å². The lowest BCUT2D eigenvalue weighted by Gasteiger charge is -2.20. The second-order valence-electron chi connectivity index (χ2n) is 14.0. The molecule has 51 heavy (non-hydrogen) atoms. The standard InChI is InChI=1S/C25H49NO4.C12H25NO2.C2HF3O/c1-6-8-10-12-14-16-19-22(18-15-13-11-9-7-2)29-23(27)20-17-21-26-24(28)30-25(3,4)5;1-3-5-8-11(7-4-2)15-12(14)9-6-10-13;3-2(4,5)1-6/h22H,6-21H2,1-5H3,(H,26,28);11H,3-10,13H2,1-2H3;1H. The van der Waals surface area contributed by atoms with Gasteiger partial charge in [-0.25, -0.2) is 4.79 Å². The van der Waals surface area contributed by atoms with Crippen molar-refractivity contribution in [3.05, 3.63) is 0 Å². The van der Waals surface area contributed by atoms with Crippen molar-refractivity contribution in [3.8, 4) is 0 Å². The molecule has 0 aliphatic rings. The topological polar surface area (TPSA) is 134 Å². The maximum atomic E-state index is 12.3. The zero-order valence-corrected chi connectivity index (χ0v) is 33.3. The van der Waals surface area contributed by atoms with Gasteiger partial charge in [0.15, 0.2) is 0 Å². The first-order chi connectivity index (χ1) is 24.1. The molecule has 0 fully saturated rings. The maximum absolute atomic E-state index is 12.3. The number of rotatable bonds is 27. The minimum absolute atomic E-state index is 0.0455. The Morgan fingerprint density at radius 3 is 1.45 bits per heavy atom. The quantitative estimate of drug-likeness (QED) is 0.0368. The van der Waals surface area contributed by atoms with E-state index in [-0.39, 0.29) is 24.1 Å². The van der Waals surface area contributed by atoms with Crippen LogP contribution in [0.5, 0.6) is 0 Å². The molecular formula is C39H75F3N2O7. The number of ether oxygens (including phenoxy) is 3. The van der Waals surface area contributed by atoms with E-state index in [2.05, 4.69) is 33.0 Å². The molecular weight excluding hydrogens is 665 g/mol. The number of hydrogen-bond acceptors (Lipinski definition) is 8. The first-order valence-corrected chi connectivity index (χ1v) is 19.7. The molecule has 3 N–H and O–H groups in total. The molecule has 2 unspecified atom stereocenters. The summed E-state index contributed by atoms with van der Waals surface area (Å²) in [7, 11) is 0. The Kier molecular flexibility index (Phi) is 37.4. The molecule has 0 aliphatic heterocycles. The summed E-state index contributed by atoms with van der Waals surface area (Å²) in [6, 6.07) is 0. The van der Waals surface area contributed by atoms with Crippen molar-refractivity contribution in [3.63, 3.8) is 0 Å². The van der Waals surface area contributed by atoms with Crippen LogP contribution in [0.25, 0.3) is 0 Å². The van der Waals surface area contributed by atoms with E-state index in [0.29, 0.717) is 32.4 Å². The van der Waals surface area contributed by atoms with E-state index >= 15 is 0 Å². The molecule has 0 saturated heterocycles. The van der Waals surface area contributed by atoms with Crippen LogP contribution in [0.15, 0.2) is 0 Å². The van der Waals surface area contributed by atoms with Crippen LogP contribution < -0.4 is 11.1 Å². The number of unbranched alkanes of at least 4 members (excludes halogenated alkanes) is 10. The fourth-order valence-electron chi connectivity index (χ4n) is 4.88. The first-order valence-electron chi connectivity index (χ1n) is 19.7. The number of carbonyl (C=O) groups is 4. The van der Waals surface area contributed by atoms with E-state index in [1.165, 1.54) is 57.8 Å². The van der Waals surface area contributed by atoms with Crippen molar-refractivity contribution in [2.24, 2.45) is 5.73 Å². The Labute approximate surface area is 308 Å². The minimum Gasteiger partial charge on any atom is -0.462 e. The van der Waals surface area contributed by atoms with Crippen molar-refractivity contribution < 1.29 is 46.6 Å². The van der Waals surface area contributed by atoms with Crippen LogP contribution in [0.1, 0.15) is 190 Å². The molecule has 0 aromatic carbocycles. The van der Waals surface area contributed by atoms with Crippen molar-refractivity contribution >= 4 is 24.3 Å². The summed E-state index contributed by atoms with van der Waals surface area (Å²) in [5, 5.41) is 2.69. The van der Waals surface area contributed by atoms with Gasteiger partial charge in [-0.2, -0.15) is 13.2 Å². The lowest BCUT2D eigenvalue weighted by atomic mass is 10.0. The average Bonchev–Trinajstić information content (AvgIpc) is 3.05. The van der Waals surface area contributed by atoms with Crippen LogP contribution in [0, 0.1) is 0 Å². The zero-order chi connectivity index (χ0) is 39.4. The molecule has 12 heteroatoms. The lowest BCUT2D eigenvalue weighted by Crippen LogP contribution is -2.33. The number of carbonyl (C=O) groups excluding carboxylic acids is 4. The van der Waals surface area contributed by atoms with Gasteiger partial charge in [0.2, 0.25) is 6.29 Å². The molecule has 2 atom stereocenters. The van der Waals surface area contributed by atoms with Gasteiger partial charge in [0.1, 0.15) is 17.8 Å². The number of hydrogen-bond donors (Lipinski definition) is 2. The molecule has 304 valence electrons. The predicted molar refractivity (Wildman–Crippen MR) is 199 cm³/mol. The van der Waals surface area contributed by atoms with Gasteiger partial charge in [-0.3, -0.25) is 14.4 Å². The summed E-state index contributed by atoms with van der Waals surface area (Å²) in [4.78, 5) is 44.0. The van der Waals surface area contributed by atoms with Crippen LogP contribution in [-0.2, 0) is 28.6 Å². The van der Waals surface area contributed by atoms with E-state index in [1.54, 1.807) is 0 Å². The Bertz CT molecular complexity index is 837. The van der Waals surface area contributed by atoms with Crippen molar-refractivity contribution in [1.29, 1.82) is 0 Å². The molecule has 0 radical (unpaired) electrons. The van der Waals surface area contributed by atoms with Gasteiger partial charge >= 0.3 is 24.2 Å². The molecule has 0 aliphatic carbocycles. The summed E-state index contributed by atoms with van der Waals surface area (Å²) in [5.74, 6) is -0.236. The number of amides is 1. The van der Waals surface area contributed by atoms with E-state index in [1.807, 2.05) is 20.8 Å². The molecule has 0 bridgehead atoms. The summed E-state index contributed by atoms with van der Waals surface area (Å²) >= 11 is 0. The van der Waals surface area contributed by atoms with Gasteiger partial charge in [-0.05, 0) is 78.7 Å². The van der Waals surface area contributed by atoms with E-state index in [0.717, 1.165) is 64.2 Å². The molecule has 1 amide bonds. The summed E-state index contributed by atoms with van der Waals surface area (Å²) in [5.41, 5.74) is 4.83. The van der Waals surface area contributed by atoms with Crippen LogP contribution in [0.3, 0.4) is 0 Å². The molecule has 9 nitrogen and oxygen atoms in total. The van der Waals surface area contributed by atoms with Crippen LogP contribution in [0.4, 0.5) is 18.0 Å². The Morgan fingerprint density at radius 1 is 0.627 bits per heavy atom. The fraction of sp³-hybridized carbons (Fsp3) is 0.897. The van der Waals surface area contributed by atoms with Crippen molar-refractivity contribution in [2.45, 2.75) is 214 Å². The van der Waals surface area contributed by atoms with E-state index < -0.39 is 24.2 Å². The summed E-state index contributed by atoms with van der Waals surface area (Å²) in [6.45, 7) is 15.2. The number of aldehydes is 1. The van der Waals surface area contributed by atoms with Crippen molar-refractivity contribution in [1.82, 2.24) is 5.32 Å². The SMILES string of the molecule is CCCCC(CCC)OC(=O)CCCN.CCCCCCCCC(CCCCCCC)OC(=O)CCCNC(=O)OC(C)(C)C.O=CC(F)(F)F. The molecule has 0 spiro atoms. The highest BCUT2D eigenvalue weighted by Crippen LogP contribution is 2.18. The second-order valence-corrected chi connectivity index (χ2v) is 14.0. The third-order valence-corrected chi connectivity index (χ3v) is 7.54. The number of nitrogens with one attached hydrogen (secondary N) is 1. The summed E-state index contributed by atoms with van der Waals surface area (Å²) in [6.07, 6.45) is 17.1. The summed E-state index contributed by atoms with van der Waals surface area (Å²) < 4.78 is 47.6. The van der Waals surface area contributed by atoms with Crippen LogP contribution in [0.2, 0.25) is 0 Å². The second kappa shape index (κ2) is 36.0. The number of nitrogens with two attached hydrogens (primary N) is 1. The predicted octanol–water partition coefficient (Wildman–Crippen LogP) is 10.7. The monoisotopic (exact) mass is 741 g/mol. The van der Waals surface area contributed by atoms with Gasteiger partial charge in [0, 0.05) is 19.4 Å². The molecule has 0 aromatic heterocycles. The largest absolute Gasteiger partial charge is 0.462 e. The molecule has 0 heterocycles. The zero-order valence-electron chi connectivity index (χ0n) is 33.3. The molecule has 0 saturated carbocycles. The lowest BCUT2D eigenvalue weighted by molar-refractivity contribution is -0.156. The Morgan fingerprint density at radius 2 is 1.04 bits per heavy atom. The Balaban J connectivity index is -0.000000903. The van der Waals surface area contributed by atoms with E-state index in [9.17, 15) is 27.6 Å². The van der Waals surface area contributed by atoms with Crippen LogP contribution >= 0.6 is 0 Å². The Hall–Kier alpha value is -2.37. The van der Waals surface area contributed by atoms with Gasteiger partial charge in [0.05, 0.1) is 0 Å².